The largest absolute Gasteiger partial charge is 0.417 e. The van der Waals surface area contributed by atoms with Crippen LogP contribution in [-0.2, 0) is 0 Å². The number of nitrogens with one attached hydrogen (secondary N) is 1. The molecule has 0 atom stereocenters. The molecule has 0 amide bonds. The Kier molecular flexibility index (Phi) is 4.47. The zero-order valence-corrected chi connectivity index (χ0v) is 15.5. The Morgan fingerprint density at radius 2 is 1.54 bits per heavy atom. The molecule has 6 nitrogen and oxygen atoms in total. The number of fused-ring (bicyclic) bond motifs is 1. The molecule has 0 radical (unpaired) electrons. The van der Waals surface area contributed by atoms with Crippen molar-refractivity contribution in [1.29, 1.82) is 0 Å². The van der Waals surface area contributed by atoms with E-state index in [4.69, 9.17) is 14.4 Å². The van der Waals surface area contributed by atoms with Crippen LogP contribution in [0.4, 0.5) is 5.82 Å². The SMILES string of the molecule is c1ccc(-c2nc(N3CCCNCC3)c3nc(-c4ccccc4)oc3n2)cc1. The van der Waals surface area contributed by atoms with Crippen LogP contribution in [0.25, 0.3) is 34.1 Å². The molecule has 0 bridgehead atoms. The number of hydrogen-bond acceptors (Lipinski definition) is 6. The predicted molar refractivity (Wildman–Crippen MR) is 110 cm³/mol. The van der Waals surface area contributed by atoms with Crippen molar-refractivity contribution >= 4 is 17.0 Å². The molecule has 5 rings (SSSR count). The summed E-state index contributed by atoms with van der Waals surface area (Å²) in [6.45, 7) is 3.76. The molecule has 6 heteroatoms. The molecule has 0 aliphatic carbocycles. The molecule has 28 heavy (non-hydrogen) atoms. The van der Waals surface area contributed by atoms with Crippen LogP contribution in [0.15, 0.2) is 65.1 Å². The van der Waals surface area contributed by atoms with E-state index in [1.807, 2.05) is 60.7 Å². The van der Waals surface area contributed by atoms with E-state index in [9.17, 15) is 0 Å². The second kappa shape index (κ2) is 7.40. The lowest BCUT2D eigenvalue weighted by atomic mass is 10.2. The molecule has 4 aromatic rings. The highest BCUT2D eigenvalue weighted by atomic mass is 16.4. The molecule has 0 saturated carbocycles. The number of anilines is 1. The van der Waals surface area contributed by atoms with E-state index in [1.54, 1.807) is 0 Å². The summed E-state index contributed by atoms with van der Waals surface area (Å²) >= 11 is 0. The molecule has 1 N–H and O–H groups in total. The Morgan fingerprint density at radius 1 is 0.786 bits per heavy atom. The Labute approximate surface area is 163 Å². The molecule has 2 aromatic heterocycles. The average Bonchev–Trinajstić information content (AvgIpc) is 3.01. The van der Waals surface area contributed by atoms with Gasteiger partial charge in [-0.1, -0.05) is 48.5 Å². The Morgan fingerprint density at radius 3 is 2.32 bits per heavy atom. The molecule has 2 aromatic carbocycles. The summed E-state index contributed by atoms with van der Waals surface area (Å²) in [5, 5.41) is 3.44. The number of hydrogen-bond donors (Lipinski definition) is 1. The Balaban J connectivity index is 1.68. The third-order valence-electron chi connectivity index (χ3n) is 4.93. The van der Waals surface area contributed by atoms with E-state index in [0.717, 1.165) is 55.1 Å². The fourth-order valence-electron chi connectivity index (χ4n) is 3.51. The molecule has 1 fully saturated rings. The summed E-state index contributed by atoms with van der Waals surface area (Å²) in [5.41, 5.74) is 3.15. The van der Waals surface area contributed by atoms with E-state index in [-0.39, 0.29) is 0 Å². The van der Waals surface area contributed by atoms with Crippen LogP contribution in [0, 0.1) is 0 Å². The van der Waals surface area contributed by atoms with Crippen molar-refractivity contribution < 1.29 is 4.42 Å². The van der Waals surface area contributed by atoms with Crippen molar-refractivity contribution in [1.82, 2.24) is 20.3 Å². The van der Waals surface area contributed by atoms with Gasteiger partial charge in [0.15, 0.2) is 17.2 Å². The third kappa shape index (κ3) is 3.23. The van der Waals surface area contributed by atoms with Gasteiger partial charge in [0.1, 0.15) is 0 Å². The molecule has 0 unspecified atom stereocenters. The van der Waals surface area contributed by atoms with E-state index in [0.29, 0.717) is 17.4 Å². The summed E-state index contributed by atoms with van der Waals surface area (Å²) in [7, 11) is 0. The quantitative estimate of drug-likeness (QED) is 0.592. The van der Waals surface area contributed by atoms with Crippen LogP contribution in [0.5, 0.6) is 0 Å². The lowest BCUT2D eigenvalue weighted by Gasteiger charge is -2.21. The third-order valence-corrected chi connectivity index (χ3v) is 4.93. The zero-order chi connectivity index (χ0) is 18.8. The maximum absolute atomic E-state index is 6.07. The summed E-state index contributed by atoms with van der Waals surface area (Å²) in [6.07, 6.45) is 1.07. The van der Waals surface area contributed by atoms with Crippen LogP contribution in [-0.4, -0.2) is 41.1 Å². The van der Waals surface area contributed by atoms with Gasteiger partial charge in [-0.15, -0.1) is 0 Å². The average molecular weight is 371 g/mol. The Hall–Kier alpha value is -3.25. The molecular weight excluding hydrogens is 350 g/mol. The van der Waals surface area contributed by atoms with Crippen molar-refractivity contribution in [3.05, 3.63) is 60.7 Å². The van der Waals surface area contributed by atoms with Crippen molar-refractivity contribution in [3.8, 4) is 22.8 Å². The first-order valence-electron chi connectivity index (χ1n) is 9.63. The normalized spacial score (nSPS) is 14.9. The summed E-state index contributed by atoms with van der Waals surface area (Å²) < 4.78 is 6.07. The minimum atomic E-state index is 0.528. The fourth-order valence-corrected chi connectivity index (χ4v) is 3.51. The van der Waals surface area contributed by atoms with Gasteiger partial charge in [0.05, 0.1) is 0 Å². The highest BCUT2D eigenvalue weighted by Crippen LogP contribution is 2.31. The van der Waals surface area contributed by atoms with Gasteiger partial charge in [-0.25, -0.2) is 9.97 Å². The van der Waals surface area contributed by atoms with Gasteiger partial charge in [0.25, 0.3) is 5.71 Å². The van der Waals surface area contributed by atoms with Crippen LogP contribution >= 0.6 is 0 Å². The van der Waals surface area contributed by atoms with Gasteiger partial charge in [0, 0.05) is 30.8 Å². The minimum Gasteiger partial charge on any atom is -0.417 e. The number of benzene rings is 2. The van der Waals surface area contributed by atoms with Crippen LogP contribution in [0.3, 0.4) is 0 Å². The highest BCUT2D eigenvalue weighted by molar-refractivity contribution is 5.86. The molecule has 0 spiro atoms. The molecular formula is C22H21N5O. The summed E-state index contributed by atoms with van der Waals surface area (Å²) in [4.78, 5) is 16.7. The monoisotopic (exact) mass is 371 g/mol. The summed E-state index contributed by atoms with van der Waals surface area (Å²) in [5.74, 6) is 2.08. The van der Waals surface area contributed by atoms with Crippen LogP contribution in [0.2, 0.25) is 0 Å². The van der Waals surface area contributed by atoms with Gasteiger partial charge in [-0.2, -0.15) is 4.98 Å². The molecule has 1 aliphatic heterocycles. The maximum Gasteiger partial charge on any atom is 0.253 e. The van der Waals surface area contributed by atoms with Crippen molar-refractivity contribution in [2.45, 2.75) is 6.42 Å². The minimum absolute atomic E-state index is 0.528. The van der Waals surface area contributed by atoms with Crippen molar-refractivity contribution in [3.63, 3.8) is 0 Å². The first-order valence-corrected chi connectivity index (χ1v) is 9.63. The fraction of sp³-hybridized carbons (Fsp3) is 0.227. The van der Waals surface area contributed by atoms with Gasteiger partial charge >= 0.3 is 0 Å². The van der Waals surface area contributed by atoms with Gasteiger partial charge in [0.2, 0.25) is 5.89 Å². The lowest BCUT2D eigenvalue weighted by molar-refractivity contribution is 0.607. The van der Waals surface area contributed by atoms with E-state index < -0.39 is 0 Å². The van der Waals surface area contributed by atoms with E-state index >= 15 is 0 Å². The van der Waals surface area contributed by atoms with E-state index in [1.165, 1.54) is 0 Å². The van der Waals surface area contributed by atoms with Crippen molar-refractivity contribution in [2.75, 3.05) is 31.1 Å². The standard InChI is InChI=1S/C22H21N5O/c1-3-8-16(9-4-1)19-25-20(27-14-7-12-23-13-15-27)18-22(26-19)28-21(24-18)17-10-5-2-6-11-17/h1-6,8-11,23H,7,12-15H2. The number of nitrogens with zero attached hydrogens (tertiary/aromatic N) is 4. The number of rotatable bonds is 3. The number of aromatic nitrogens is 3. The zero-order valence-electron chi connectivity index (χ0n) is 15.5. The predicted octanol–water partition coefficient (Wildman–Crippen LogP) is 3.75. The smallest absolute Gasteiger partial charge is 0.253 e. The molecule has 1 aliphatic rings. The van der Waals surface area contributed by atoms with Crippen molar-refractivity contribution in [2.24, 2.45) is 0 Å². The molecule has 1 saturated heterocycles. The maximum atomic E-state index is 6.07. The molecule has 3 heterocycles. The number of oxazole rings is 1. The first-order chi connectivity index (χ1) is 13.9. The van der Waals surface area contributed by atoms with E-state index in [2.05, 4.69) is 15.2 Å². The second-order valence-electron chi connectivity index (χ2n) is 6.87. The van der Waals surface area contributed by atoms with Crippen LogP contribution < -0.4 is 10.2 Å². The second-order valence-corrected chi connectivity index (χ2v) is 6.87. The molecule has 140 valence electrons. The van der Waals surface area contributed by atoms with Gasteiger partial charge < -0.3 is 14.6 Å². The summed E-state index contributed by atoms with van der Waals surface area (Å²) in [6, 6.07) is 19.9. The first kappa shape index (κ1) is 16.9. The highest BCUT2D eigenvalue weighted by Gasteiger charge is 2.21. The van der Waals surface area contributed by atoms with Gasteiger partial charge in [-0.3, -0.25) is 0 Å². The lowest BCUT2D eigenvalue weighted by Crippen LogP contribution is -2.29. The topological polar surface area (TPSA) is 67.1 Å². The van der Waals surface area contributed by atoms with Gasteiger partial charge in [-0.05, 0) is 25.1 Å². The van der Waals surface area contributed by atoms with Crippen LogP contribution in [0.1, 0.15) is 6.42 Å². The Bertz CT molecular complexity index is 1070.